The number of likely N-dealkylation sites (tertiary alicyclic amines) is 1. The molecule has 0 radical (unpaired) electrons. The van der Waals surface area contributed by atoms with Crippen molar-refractivity contribution in [3.63, 3.8) is 0 Å². The van der Waals surface area contributed by atoms with Gasteiger partial charge in [0.2, 0.25) is 0 Å². The predicted molar refractivity (Wildman–Crippen MR) is 78.3 cm³/mol. The van der Waals surface area contributed by atoms with E-state index >= 15 is 0 Å². The van der Waals surface area contributed by atoms with Gasteiger partial charge in [0.25, 0.3) is 0 Å². The molecule has 2 atom stereocenters. The van der Waals surface area contributed by atoms with Crippen LogP contribution >= 0.6 is 0 Å². The number of benzene rings is 2. The van der Waals surface area contributed by atoms with Gasteiger partial charge in [0.05, 0.1) is 5.92 Å². The summed E-state index contributed by atoms with van der Waals surface area (Å²) in [7, 11) is 0. The maximum Gasteiger partial charge on any atom is 0.309 e. The van der Waals surface area contributed by atoms with Crippen molar-refractivity contribution < 1.29 is 9.90 Å². The molecule has 104 valence electrons. The number of nitrogens with two attached hydrogens (primary N) is 1. The summed E-state index contributed by atoms with van der Waals surface area (Å²) in [5.41, 5.74) is 7.14. The predicted octanol–water partition coefficient (Wildman–Crippen LogP) is 1.68. The minimum absolute atomic E-state index is 0.275. The van der Waals surface area contributed by atoms with Gasteiger partial charge in [-0.25, -0.2) is 0 Å². The monoisotopic (exact) mass is 270 g/mol. The molecule has 4 heteroatoms. The maximum atomic E-state index is 11.1. The Morgan fingerprint density at radius 2 is 1.95 bits per heavy atom. The highest BCUT2D eigenvalue weighted by atomic mass is 16.4. The second-order valence-corrected chi connectivity index (χ2v) is 5.44. The van der Waals surface area contributed by atoms with Crippen molar-refractivity contribution in [2.75, 3.05) is 13.1 Å². The van der Waals surface area contributed by atoms with Gasteiger partial charge in [-0.2, -0.15) is 0 Å². The molecule has 4 nitrogen and oxygen atoms in total. The van der Waals surface area contributed by atoms with Gasteiger partial charge in [0.15, 0.2) is 0 Å². The first-order valence-corrected chi connectivity index (χ1v) is 6.82. The average molecular weight is 270 g/mol. The van der Waals surface area contributed by atoms with Crippen LogP contribution in [-0.2, 0) is 11.3 Å². The van der Waals surface area contributed by atoms with Crippen molar-refractivity contribution >= 4 is 16.7 Å². The lowest BCUT2D eigenvalue weighted by molar-refractivity contribution is -0.141. The number of nitrogens with zero attached hydrogens (tertiary/aromatic N) is 1. The van der Waals surface area contributed by atoms with E-state index in [1.165, 1.54) is 16.3 Å². The fourth-order valence-electron chi connectivity index (χ4n) is 2.98. The summed E-state index contributed by atoms with van der Waals surface area (Å²) in [6.45, 7) is 1.92. The molecule has 2 aromatic carbocycles. The van der Waals surface area contributed by atoms with Gasteiger partial charge in [-0.15, -0.1) is 0 Å². The van der Waals surface area contributed by atoms with Gasteiger partial charge in [-0.3, -0.25) is 9.69 Å². The Labute approximate surface area is 117 Å². The van der Waals surface area contributed by atoms with Crippen LogP contribution in [-0.4, -0.2) is 35.1 Å². The van der Waals surface area contributed by atoms with Crippen LogP contribution in [0, 0.1) is 5.92 Å². The molecule has 0 aromatic heterocycles. The van der Waals surface area contributed by atoms with Crippen molar-refractivity contribution in [3.8, 4) is 0 Å². The average Bonchev–Trinajstić information content (AvgIpc) is 2.80. The lowest BCUT2D eigenvalue weighted by Gasteiger charge is -2.16. The van der Waals surface area contributed by atoms with E-state index in [9.17, 15) is 4.79 Å². The summed E-state index contributed by atoms with van der Waals surface area (Å²) in [6, 6.07) is 14.2. The van der Waals surface area contributed by atoms with E-state index in [2.05, 4.69) is 29.2 Å². The minimum Gasteiger partial charge on any atom is -0.481 e. The Balaban J connectivity index is 1.82. The van der Waals surface area contributed by atoms with Crippen molar-refractivity contribution in [1.29, 1.82) is 0 Å². The molecule has 20 heavy (non-hydrogen) atoms. The maximum absolute atomic E-state index is 11.1. The van der Waals surface area contributed by atoms with Crippen molar-refractivity contribution in [3.05, 3.63) is 48.0 Å². The summed E-state index contributed by atoms with van der Waals surface area (Å²) in [5, 5.41) is 11.6. The van der Waals surface area contributed by atoms with E-state index < -0.39 is 11.9 Å². The molecule has 1 unspecified atom stereocenters. The molecule has 0 spiro atoms. The second-order valence-electron chi connectivity index (χ2n) is 5.44. The first-order valence-electron chi connectivity index (χ1n) is 6.82. The van der Waals surface area contributed by atoms with Gasteiger partial charge < -0.3 is 10.8 Å². The number of aliphatic carboxylic acids is 1. The van der Waals surface area contributed by atoms with Crippen LogP contribution in [0.15, 0.2) is 42.5 Å². The zero-order valence-electron chi connectivity index (χ0n) is 11.2. The van der Waals surface area contributed by atoms with Crippen LogP contribution < -0.4 is 5.73 Å². The van der Waals surface area contributed by atoms with Crippen molar-refractivity contribution in [2.24, 2.45) is 11.7 Å². The summed E-state index contributed by atoms with van der Waals surface area (Å²) in [4.78, 5) is 13.2. The largest absolute Gasteiger partial charge is 0.481 e. The second kappa shape index (κ2) is 5.23. The highest BCUT2D eigenvalue weighted by Crippen LogP contribution is 2.23. The minimum atomic E-state index is -0.794. The third-order valence-electron chi connectivity index (χ3n) is 4.03. The van der Waals surface area contributed by atoms with Gasteiger partial charge in [-0.1, -0.05) is 42.5 Å². The van der Waals surface area contributed by atoms with Gasteiger partial charge >= 0.3 is 5.97 Å². The van der Waals surface area contributed by atoms with E-state index in [1.807, 2.05) is 18.2 Å². The number of carboxylic acids is 1. The molecule has 0 bridgehead atoms. The number of carboxylic acid groups (broad SMARTS) is 1. The normalized spacial score (nSPS) is 23.2. The molecule has 1 fully saturated rings. The molecule has 1 aliphatic heterocycles. The fourth-order valence-corrected chi connectivity index (χ4v) is 2.98. The zero-order chi connectivity index (χ0) is 14.1. The van der Waals surface area contributed by atoms with E-state index in [0.717, 1.165) is 6.54 Å². The van der Waals surface area contributed by atoms with Crippen molar-refractivity contribution in [1.82, 2.24) is 4.90 Å². The van der Waals surface area contributed by atoms with Crippen molar-refractivity contribution in [2.45, 2.75) is 12.6 Å². The summed E-state index contributed by atoms with van der Waals surface area (Å²) >= 11 is 0. The molecule has 3 rings (SSSR count). The third kappa shape index (κ3) is 2.40. The molecule has 2 aromatic rings. The molecule has 3 N–H and O–H groups in total. The SMILES string of the molecule is N[C@@H]1CN(Cc2cccc3ccccc23)CC1C(=O)O. The third-order valence-corrected chi connectivity index (χ3v) is 4.03. The molecule has 0 amide bonds. The van der Waals surface area contributed by atoms with E-state index in [4.69, 9.17) is 10.8 Å². The Hall–Kier alpha value is -1.91. The Morgan fingerprint density at radius 3 is 2.70 bits per heavy atom. The molecule has 1 heterocycles. The molecule has 1 saturated heterocycles. The summed E-state index contributed by atoms with van der Waals surface area (Å²) in [5.74, 6) is -1.25. The van der Waals surface area contributed by atoms with E-state index in [1.54, 1.807) is 0 Å². The lowest BCUT2D eigenvalue weighted by atomic mass is 10.0. The smallest absolute Gasteiger partial charge is 0.309 e. The van der Waals surface area contributed by atoms with E-state index in [0.29, 0.717) is 13.1 Å². The number of fused-ring (bicyclic) bond motifs is 1. The fraction of sp³-hybridized carbons (Fsp3) is 0.312. The Bertz CT molecular complexity index is 636. The zero-order valence-corrected chi connectivity index (χ0v) is 11.2. The molecule has 0 saturated carbocycles. The number of hydrogen-bond donors (Lipinski definition) is 2. The molecule has 0 aliphatic carbocycles. The molecule has 1 aliphatic rings. The number of hydrogen-bond acceptors (Lipinski definition) is 3. The summed E-state index contributed by atoms with van der Waals surface area (Å²) < 4.78 is 0. The highest BCUT2D eigenvalue weighted by molar-refractivity contribution is 5.85. The van der Waals surface area contributed by atoms with Crippen LogP contribution in [0.4, 0.5) is 0 Å². The first kappa shape index (κ1) is 13.1. The van der Waals surface area contributed by atoms with Crippen LogP contribution in [0.25, 0.3) is 10.8 Å². The quantitative estimate of drug-likeness (QED) is 0.890. The Morgan fingerprint density at radius 1 is 1.20 bits per heavy atom. The van der Waals surface area contributed by atoms with Gasteiger partial charge in [0.1, 0.15) is 0 Å². The standard InChI is InChI=1S/C16H18N2O2/c17-15-10-18(9-14(15)16(19)20)8-12-6-3-5-11-4-1-2-7-13(11)12/h1-7,14-15H,8-10,17H2,(H,19,20)/t14?,15-/m1/s1. The van der Waals surface area contributed by atoms with Gasteiger partial charge in [0, 0.05) is 25.7 Å². The van der Waals surface area contributed by atoms with Crippen LogP contribution in [0.2, 0.25) is 0 Å². The summed E-state index contributed by atoms with van der Waals surface area (Å²) in [6.07, 6.45) is 0. The van der Waals surface area contributed by atoms with Crippen LogP contribution in [0.3, 0.4) is 0 Å². The van der Waals surface area contributed by atoms with Crippen LogP contribution in [0.1, 0.15) is 5.56 Å². The lowest BCUT2D eigenvalue weighted by Crippen LogP contribution is -2.33. The molecular weight excluding hydrogens is 252 g/mol. The number of carbonyl (C=O) groups is 1. The first-order chi connectivity index (χ1) is 9.65. The topological polar surface area (TPSA) is 66.6 Å². The van der Waals surface area contributed by atoms with Gasteiger partial charge in [-0.05, 0) is 16.3 Å². The number of rotatable bonds is 3. The van der Waals surface area contributed by atoms with E-state index in [-0.39, 0.29) is 6.04 Å². The van der Waals surface area contributed by atoms with Crippen LogP contribution in [0.5, 0.6) is 0 Å². The Kier molecular flexibility index (Phi) is 3.42. The molecular formula is C16H18N2O2. The highest BCUT2D eigenvalue weighted by Gasteiger charge is 2.35.